The zero-order chi connectivity index (χ0) is 27.3. The molecule has 0 bridgehead atoms. The van der Waals surface area contributed by atoms with E-state index in [4.69, 9.17) is 0 Å². The van der Waals surface area contributed by atoms with Gasteiger partial charge in [0.15, 0.2) is 0 Å². The molecule has 1 aliphatic heterocycles. The number of carbonyl (C=O) groups is 2. The van der Waals surface area contributed by atoms with Crippen molar-refractivity contribution in [2.45, 2.75) is 44.6 Å². The monoisotopic (exact) mass is 536 g/mol. The van der Waals surface area contributed by atoms with Crippen LogP contribution in [0.5, 0.6) is 0 Å². The third kappa shape index (κ3) is 6.06. The van der Waals surface area contributed by atoms with Gasteiger partial charge in [-0.25, -0.2) is 13.1 Å². The molecule has 0 aliphatic carbocycles. The number of benzene rings is 3. The Morgan fingerprint density at radius 3 is 2.39 bits per heavy atom. The fourth-order valence-corrected chi connectivity index (χ4v) is 6.62. The molecule has 4 rings (SSSR count). The molecule has 2 atom stereocenters. The van der Waals surface area contributed by atoms with E-state index in [2.05, 4.69) is 15.4 Å². The van der Waals surface area contributed by atoms with Crippen molar-refractivity contribution >= 4 is 38.3 Å². The molecule has 2 amide bonds. The van der Waals surface area contributed by atoms with Crippen molar-refractivity contribution in [3.8, 4) is 0 Å². The number of carbonyl (C=O) groups excluding carboxylic acids is 2. The molecule has 38 heavy (non-hydrogen) atoms. The van der Waals surface area contributed by atoms with E-state index in [0.717, 1.165) is 18.5 Å². The van der Waals surface area contributed by atoms with Crippen LogP contribution in [0.3, 0.4) is 0 Å². The first kappa shape index (κ1) is 27.8. The lowest BCUT2D eigenvalue weighted by molar-refractivity contribution is -0.132. The van der Waals surface area contributed by atoms with Gasteiger partial charge in [-0.15, -0.1) is 0 Å². The summed E-state index contributed by atoms with van der Waals surface area (Å²) in [7, 11) is -3.86. The van der Waals surface area contributed by atoms with Crippen LogP contribution in [-0.4, -0.2) is 57.4 Å². The van der Waals surface area contributed by atoms with E-state index in [0.29, 0.717) is 48.1 Å². The third-order valence-electron chi connectivity index (χ3n) is 7.26. The number of piperidine rings is 1. The van der Waals surface area contributed by atoms with Crippen molar-refractivity contribution in [3.63, 3.8) is 0 Å². The highest BCUT2D eigenvalue weighted by Crippen LogP contribution is 2.31. The van der Waals surface area contributed by atoms with E-state index in [1.165, 1.54) is 0 Å². The summed E-state index contributed by atoms with van der Waals surface area (Å²) < 4.78 is 30.2. The molecule has 0 spiro atoms. The van der Waals surface area contributed by atoms with Gasteiger partial charge in [0.1, 0.15) is 0 Å². The number of likely N-dealkylation sites (tertiary alicyclic amines) is 1. The number of aryl methyl sites for hydroxylation is 1. The van der Waals surface area contributed by atoms with Gasteiger partial charge in [-0.05, 0) is 49.6 Å². The van der Waals surface area contributed by atoms with Crippen LogP contribution in [0, 0.1) is 12.8 Å². The van der Waals surface area contributed by atoms with Gasteiger partial charge < -0.3 is 15.5 Å². The van der Waals surface area contributed by atoms with E-state index in [-0.39, 0.29) is 28.7 Å². The number of hydrogen-bond acceptors (Lipinski definition) is 5. The van der Waals surface area contributed by atoms with Crippen LogP contribution in [0.1, 0.15) is 42.6 Å². The molecule has 9 heteroatoms. The largest absolute Gasteiger partial charge is 0.341 e. The average Bonchev–Trinajstić information content (AvgIpc) is 2.92. The summed E-state index contributed by atoms with van der Waals surface area (Å²) in [5.74, 6) is -0.188. The van der Waals surface area contributed by atoms with Crippen LogP contribution in [0.2, 0.25) is 0 Å². The maximum Gasteiger partial charge on any atom is 0.255 e. The Morgan fingerprint density at radius 2 is 1.68 bits per heavy atom. The number of likely N-dealkylation sites (N-methyl/N-ethyl adjacent to an activating group) is 1. The third-order valence-corrected chi connectivity index (χ3v) is 8.80. The van der Waals surface area contributed by atoms with Crippen molar-refractivity contribution < 1.29 is 18.0 Å². The normalized spacial score (nSPS) is 17.9. The Labute approximate surface area is 224 Å². The summed E-state index contributed by atoms with van der Waals surface area (Å²) >= 11 is 0. The fourth-order valence-electron chi connectivity index (χ4n) is 5.07. The second kappa shape index (κ2) is 12.1. The second-order valence-electron chi connectivity index (χ2n) is 9.73. The number of hydrogen-bond donors (Lipinski definition) is 3. The zero-order valence-electron chi connectivity index (χ0n) is 22.2. The molecule has 3 aromatic rings. The number of nitrogens with zero attached hydrogens (tertiary/aromatic N) is 1. The van der Waals surface area contributed by atoms with Crippen molar-refractivity contribution in [1.82, 2.24) is 14.9 Å². The number of amides is 2. The van der Waals surface area contributed by atoms with Crippen molar-refractivity contribution in [1.29, 1.82) is 0 Å². The molecule has 1 fully saturated rings. The molecule has 0 radical (unpaired) electrons. The number of rotatable bonds is 9. The highest BCUT2D eigenvalue weighted by Gasteiger charge is 2.33. The second-order valence-corrected chi connectivity index (χ2v) is 11.4. The van der Waals surface area contributed by atoms with Crippen LogP contribution < -0.4 is 15.4 Å². The number of sulfonamides is 1. The first-order chi connectivity index (χ1) is 18.2. The van der Waals surface area contributed by atoms with E-state index in [1.807, 2.05) is 56.0 Å². The van der Waals surface area contributed by atoms with Crippen molar-refractivity contribution in [3.05, 3.63) is 71.8 Å². The highest BCUT2D eigenvalue weighted by molar-refractivity contribution is 7.89. The highest BCUT2D eigenvalue weighted by atomic mass is 32.2. The van der Waals surface area contributed by atoms with Crippen molar-refractivity contribution in [2.75, 3.05) is 31.5 Å². The van der Waals surface area contributed by atoms with Crippen LogP contribution >= 0.6 is 0 Å². The Kier molecular flexibility index (Phi) is 8.81. The summed E-state index contributed by atoms with van der Waals surface area (Å²) in [5, 5.41) is 7.20. The predicted octanol–water partition coefficient (Wildman–Crippen LogP) is 3.92. The molecule has 0 saturated carbocycles. The van der Waals surface area contributed by atoms with E-state index < -0.39 is 10.0 Å². The van der Waals surface area contributed by atoms with E-state index in [1.54, 1.807) is 30.3 Å². The zero-order valence-corrected chi connectivity index (χ0v) is 23.0. The Morgan fingerprint density at radius 1 is 0.974 bits per heavy atom. The van der Waals surface area contributed by atoms with Gasteiger partial charge >= 0.3 is 0 Å². The van der Waals surface area contributed by atoms with Gasteiger partial charge in [-0.2, -0.15) is 0 Å². The van der Waals surface area contributed by atoms with Gasteiger partial charge in [0, 0.05) is 41.2 Å². The summed E-state index contributed by atoms with van der Waals surface area (Å²) in [4.78, 5) is 27.4. The van der Waals surface area contributed by atoms with E-state index >= 15 is 0 Å². The molecule has 0 aromatic heterocycles. The molecular formula is C29H36N4O4S. The SMILES string of the molecule is CCNCC(=O)N1CC[C@@H](NS(=O)(=O)c2ccc(NC(=O)c3ccccc3C)c3ccccc23)[C@@H](CC)C1. The lowest BCUT2D eigenvalue weighted by Gasteiger charge is -2.38. The molecule has 3 N–H and O–H groups in total. The van der Waals surface area contributed by atoms with Gasteiger partial charge in [0.25, 0.3) is 5.91 Å². The Bertz CT molecular complexity index is 1420. The van der Waals surface area contributed by atoms with Crippen LogP contribution in [0.25, 0.3) is 10.8 Å². The Hall–Kier alpha value is -3.27. The number of fused-ring (bicyclic) bond motifs is 1. The summed E-state index contributed by atoms with van der Waals surface area (Å²) in [6.45, 7) is 7.91. The molecule has 202 valence electrons. The van der Waals surface area contributed by atoms with Crippen LogP contribution in [0.4, 0.5) is 5.69 Å². The maximum absolute atomic E-state index is 13.6. The predicted molar refractivity (Wildman–Crippen MR) is 151 cm³/mol. The molecule has 0 unspecified atom stereocenters. The lowest BCUT2D eigenvalue weighted by atomic mass is 9.90. The van der Waals surface area contributed by atoms with Gasteiger partial charge in [0.2, 0.25) is 15.9 Å². The molecule has 8 nitrogen and oxygen atoms in total. The molecule has 1 saturated heterocycles. The van der Waals surface area contributed by atoms with Crippen LogP contribution in [-0.2, 0) is 14.8 Å². The minimum atomic E-state index is -3.86. The smallest absolute Gasteiger partial charge is 0.255 e. The standard InChI is InChI=1S/C29H36N4O4S/c1-4-21-19-33(28(34)18-30-5-2)17-16-25(21)32-38(36,37)27-15-14-26(23-12-8-9-13-24(23)27)31-29(35)22-11-7-6-10-20(22)3/h6-15,21,25,30,32H,4-5,16-19H2,1-3H3,(H,31,35)/t21-,25+/m0/s1. The van der Waals surface area contributed by atoms with E-state index in [9.17, 15) is 18.0 Å². The quantitative estimate of drug-likeness (QED) is 0.384. The molecule has 1 heterocycles. The van der Waals surface area contributed by atoms with Gasteiger partial charge in [-0.1, -0.05) is 62.7 Å². The minimum Gasteiger partial charge on any atom is -0.341 e. The summed E-state index contributed by atoms with van der Waals surface area (Å²) in [6, 6.07) is 17.4. The maximum atomic E-state index is 13.6. The van der Waals surface area contributed by atoms with Gasteiger partial charge in [-0.3, -0.25) is 9.59 Å². The molecule has 1 aliphatic rings. The average molecular weight is 537 g/mol. The molecule has 3 aromatic carbocycles. The Balaban J connectivity index is 1.56. The van der Waals surface area contributed by atoms with Gasteiger partial charge in [0.05, 0.1) is 11.4 Å². The fraction of sp³-hybridized carbons (Fsp3) is 0.379. The first-order valence-electron chi connectivity index (χ1n) is 13.1. The first-order valence-corrected chi connectivity index (χ1v) is 14.6. The number of anilines is 1. The van der Waals surface area contributed by atoms with Crippen LogP contribution in [0.15, 0.2) is 65.6 Å². The molecular weight excluding hydrogens is 500 g/mol. The summed E-state index contributed by atoms with van der Waals surface area (Å²) in [5.41, 5.74) is 1.97. The minimum absolute atomic E-state index is 0.0167. The number of nitrogens with one attached hydrogen (secondary N) is 3. The van der Waals surface area contributed by atoms with Crippen molar-refractivity contribution in [2.24, 2.45) is 5.92 Å². The topological polar surface area (TPSA) is 108 Å². The lowest BCUT2D eigenvalue weighted by Crippen LogP contribution is -2.53. The summed E-state index contributed by atoms with van der Waals surface area (Å²) in [6.07, 6.45) is 1.31.